The van der Waals surface area contributed by atoms with E-state index in [1.165, 1.54) is 22.5 Å². The fourth-order valence-electron chi connectivity index (χ4n) is 5.29. The van der Waals surface area contributed by atoms with Gasteiger partial charge < -0.3 is 20.6 Å². The lowest BCUT2D eigenvalue weighted by molar-refractivity contribution is -0.122. The minimum Gasteiger partial charge on any atom is -0.390 e. The van der Waals surface area contributed by atoms with Crippen molar-refractivity contribution in [2.75, 3.05) is 25.5 Å². The predicted octanol–water partition coefficient (Wildman–Crippen LogP) is 4.50. The van der Waals surface area contributed by atoms with Gasteiger partial charge >= 0.3 is 0 Å². The van der Waals surface area contributed by atoms with Gasteiger partial charge in [0.15, 0.2) is 0 Å². The first-order valence-corrected chi connectivity index (χ1v) is 13.1. The summed E-state index contributed by atoms with van der Waals surface area (Å²) in [5, 5.41) is 16.5. The Morgan fingerprint density at radius 3 is 2.62 bits per heavy atom. The maximum atomic E-state index is 13.7. The van der Waals surface area contributed by atoms with E-state index in [1.54, 1.807) is 26.0 Å². The van der Waals surface area contributed by atoms with Crippen LogP contribution in [0.5, 0.6) is 0 Å². The van der Waals surface area contributed by atoms with Gasteiger partial charge in [0.25, 0.3) is 5.91 Å². The molecule has 4 rings (SSSR count). The van der Waals surface area contributed by atoms with Gasteiger partial charge in [-0.25, -0.2) is 0 Å². The lowest BCUT2D eigenvalue weighted by Gasteiger charge is -2.30. The summed E-state index contributed by atoms with van der Waals surface area (Å²) in [7, 11) is 2.13. The summed E-state index contributed by atoms with van der Waals surface area (Å²) in [6, 6.07) is 9.51. The van der Waals surface area contributed by atoms with E-state index in [1.807, 2.05) is 6.07 Å². The number of amides is 2. The zero-order valence-electron chi connectivity index (χ0n) is 20.1. The minimum absolute atomic E-state index is 0.139. The van der Waals surface area contributed by atoms with E-state index in [9.17, 15) is 14.7 Å². The SMILES string of the molecule is CN1CCc2ccc(NC(=O)C3(NC(=O)c4ccc(Cl)s4)CCC(CC(C)(C)O)C3)cc2CC1. The van der Waals surface area contributed by atoms with Crippen LogP contribution in [0.2, 0.25) is 4.34 Å². The Hall–Kier alpha value is -1.93. The van der Waals surface area contributed by atoms with Crippen LogP contribution in [0.4, 0.5) is 5.69 Å². The highest BCUT2D eigenvalue weighted by Gasteiger charge is 2.47. The van der Waals surface area contributed by atoms with Gasteiger partial charge in [0.05, 0.1) is 14.8 Å². The van der Waals surface area contributed by atoms with Gasteiger partial charge in [-0.1, -0.05) is 17.7 Å². The molecule has 2 amide bonds. The van der Waals surface area contributed by atoms with E-state index >= 15 is 0 Å². The average molecular weight is 504 g/mol. The molecule has 2 unspecified atom stereocenters. The fourth-order valence-corrected chi connectivity index (χ4v) is 6.22. The van der Waals surface area contributed by atoms with E-state index < -0.39 is 11.1 Å². The summed E-state index contributed by atoms with van der Waals surface area (Å²) < 4.78 is 0.533. The van der Waals surface area contributed by atoms with Crippen molar-refractivity contribution in [3.8, 4) is 0 Å². The maximum absolute atomic E-state index is 13.7. The lowest BCUT2D eigenvalue weighted by Crippen LogP contribution is -2.55. The first-order chi connectivity index (χ1) is 16.0. The van der Waals surface area contributed by atoms with E-state index in [4.69, 9.17) is 11.6 Å². The van der Waals surface area contributed by atoms with Crippen molar-refractivity contribution in [3.05, 3.63) is 50.7 Å². The van der Waals surface area contributed by atoms with Gasteiger partial charge in [0.1, 0.15) is 5.54 Å². The van der Waals surface area contributed by atoms with Gasteiger partial charge in [0.2, 0.25) is 5.91 Å². The number of thiophene rings is 1. The number of rotatable bonds is 6. The molecule has 0 radical (unpaired) electrons. The highest BCUT2D eigenvalue weighted by atomic mass is 35.5. The number of aliphatic hydroxyl groups is 1. The zero-order chi connectivity index (χ0) is 24.5. The molecule has 1 aliphatic heterocycles. The van der Waals surface area contributed by atoms with Gasteiger partial charge in [-0.2, -0.15) is 0 Å². The summed E-state index contributed by atoms with van der Waals surface area (Å²) in [5.74, 6) is -0.353. The van der Waals surface area contributed by atoms with Crippen molar-refractivity contribution in [3.63, 3.8) is 0 Å². The Balaban J connectivity index is 1.55. The molecule has 6 nitrogen and oxygen atoms in total. The Morgan fingerprint density at radius 2 is 1.94 bits per heavy atom. The number of hydrogen-bond acceptors (Lipinski definition) is 5. The van der Waals surface area contributed by atoms with Gasteiger partial charge in [0, 0.05) is 18.8 Å². The van der Waals surface area contributed by atoms with E-state index in [-0.39, 0.29) is 17.7 Å². The van der Waals surface area contributed by atoms with Gasteiger partial charge in [-0.05, 0) is 101 Å². The molecule has 1 saturated carbocycles. The van der Waals surface area contributed by atoms with Crippen LogP contribution in [0.15, 0.2) is 30.3 Å². The van der Waals surface area contributed by atoms with Crippen LogP contribution in [0.1, 0.15) is 60.3 Å². The smallest absolute Gasteiger partial charge is 0.262 e. The van der Waals surface area contributed by atoms with Crippen molar-refractivity contribution in [2.45, 2.75) is 63.5 Å². The number of fused-ring (bicyclic) bond motifs is 1. The quantitative estimate of drug-likeness (QED) is 0.542. The molecule has 2 heterocycles. The van der Waals surface area contributed by atoms with Gasteiger partial charge in [-0.15, -0.1) is 11.3 Å². The number of carbonyl (C=O) groups excluding carboxylic acids is 2. The number of halogens is 1. The molecule has 0 saturated heterocycles. The molecule has 1 fully saturated rings. The van der Waals surface area contributed by atoms with Crippen molar-refractivity contribution in [2.24, 2.45) is 5.92 Å². The van der Waals surface area contributed by atoms with Crippen LogP contribution < -0.4 is 10.6 Å². The van der Waals surface area contributed by atoms with E-state index in [0.717, 1.165) is 38.0 Å². The Bertz CT molecular complexity index is 1060. The second-order valence-electron chi connectivity index (χ2n) is 10.5. The molecule has 34 heavy (non-hydrogen) atoms. The highest BCUT2D eigenvalue weighted by Crippen LogP contribution is 2.40. The van der Waals surface area contributed by atoms with Crippen LogP contribution in [-0.2, 0) is 17.6 Å². The van der Waals surface area contributed by atoms with Crippen LogP contribution >= 0.6 is 22.9 Å². The third-order valence-electron chi connectivity index (χ3n) is 6.98. The molecule has 1 aromatic heterocycles. The molecule has 2 aliphatic rings. The molecular weight excluding hydrogens is 470 g/mol. The number of nitrogens with one attached hydrogen (secondary N) is 2. The van der Waals surface area contributed by atoms with E-state index in [2.05, 4.69) is 34.7 Å². The summed E-state index contributed by atoms with van der Waals surface area (Å²) in [4.78, 5) is 29.5. The highest BCUT2D eigenvalue weighted by molar-refractivity contribution is 7.18. The molecule has 1 aliphatic carbocycles. The predicted molar refractivity (Wildman–Crippen MR) is 138 cm³/mol. The fraction of sp³-hybridized carbons (Fsp3) is 0.538. The maximum Gasteiger partial charge on any atom is 0.262 e. The summed E-state index contributed by atoms with van der Waals surface area (Å²) in [5.41, 5.74) is 1.49. The molecule has 8 heteroatoms. The Labute approximate surface area is 210 Å². The third-order valence-corrected chi connectivity index (χ3v) is 8.21. The monoisotopic (exact) mass is 503 g/mol. The summed E-state index contributed by atoms with van der Waals surface area (Å²) >= 11 is 7.23. The first-order valence-electron chi connectivity index (χ1n) is 11.9. The number of likely N-dealkylation sites (N-methyl/N-ethyl adjacent to an activating group) is 1. The second kappa shape index (κ2) is 9.97. The first kappa shape index (κ1) is 25.2. The largest absolute Gasteiger partial charge is 0.390 e. The summed E-state index contributed by atoms with van der Waals surface area (Å²) in [6.45, 7) is 5.59. The normalized spacial score (nSPS) is 23.3. The molecule has 2 atom stereocenters. The van der Waals surface area contributed by atoms with Crippen molar-refractivity contribution >= 4 is 40.4 Å². The number of carbonyl (C=O) groups is 2. The lowest BCUT2D eigenvalue weighted by atomic mass is 9.89. The van der Waals surface area contributed by atoms with Gasteiger partial charge in [-0.3, -0.25) is 9.59 Å². The summed E-state index contributed by atoms with van der Waals surface area (Å²) in [6.07, 6.45) is 4.31. The van der Waals surface area contributed by atoms with Crippen molar-refractivity contribution in [1.82, 2.24) is 10.2 Å². The van der Waals surface area contributed by atoms with Crippen LogP contribution in [0.3, 0.4) is 0 Å². The van der Waals surface area contributed by atoms with Crippen LogP contribution in [0.25, 0.3) is 0 Å². The van der Waals surface area contributed by atoms with Crippen molar-refractivity contribution in [1.29, 1.82) is 0 Å². The molecule has 184 valence electrons. The Morgan fingerprint density at radius 1 is 1.21 bits per heavy atom. The molecule has 0 spiro atoms. The minimum atomic E-state index is -1.03. The van der Waals surface area contributed by atoms with Crippen LogP contribution in [-0.4, -0.2) is 53.1 Å². The number of nitrogens with zero attached hydrogens (tertiary/aromatic N) is 1. The molecular formula is C26H34ClN3O3S. The molecule has 2 aromatic rings. The number of benzene rings is 1. The number of anilines is 1. The molecule has 3 N–H and O–H groups in total. The Kier molecular flexibility index (Phi) is 7.38. The standard InChI is InChI=1S/C26H34ClN3O3S/c1-25(2,33)15-17-8-11-26(16-17,29-23(31)21-6-7-22(27)34-21)24(32)28-20-5-4-18-9-12-30(3)13-10-19(18)14-20/h4-7,14,17,33H,8-13,15-16H2,1-3H3,(H,28,32)(H,29,31). The second-order valence-corrected chi connectivity index (χ2v) is 12.2. The third kappa shape index (κ3) is 6.00. The topological polar surface area (TPSA) is 81.7 Å². The zero-order valence-corrected chi connectivity index (χ0v) is 21.7. The molecule has 0 bridgehead atoms. The number of hydrogen-bond donors (Lipinski definition) is 3. The average Bonchev–Trinajstić information content (AvgIpc) is 3.32. The molecule has 1 aromatic carbocycles. The van der Waals surface area contributed by atoms with E-state index in [0.29, 0.717) is 28.5 Å². The van der Waals surface area contributed by atoms with Crippen LogP contribution in [0, 0.1) is 5.92 Å². The van der Waals surface area contributed by atoms with Crippen molar-refractivity contribution < 1.29 is 14.7 Å².